The summed E-state index contributed by atoms with van der Waals surface area (Å²) in [5.74, 6) is -0.477. The molecule has 0 atom stereocenters. The molecule has 4 nitrogen and oxygen atoms in total. The Kier molecular flexibility index (Phi) is 3.19. The molecule has 0 aliphatic carbocycles. The van der Waals surface area contributed by atoms with E-state index in [1.807, 2.05) is 6.07 Å². The Morgan fingerprint density at radius 3 is 2.50 bits per heavy atom. The molecule has 0 bridgehead atoms. The maximum absolute atomic E-state index is 11.7. The van der Waals surface area contributed by atoms with E-state index in [0.717, 1.165) is 0 Å². The lowest BCUT2D eigenvalue weighted by Gasteiger charge is -2.19. The third-order valence-corrected chi connectivity index (χ3v) is 1.80. The van der Waals surface area contributed by atoms with Crippen molar-refractivity contribution in [2.24, 2.45) is 0 Å². The Bertz CT molecular complexity index is 453. The molecule has 0 aliphatic rings. The number of hydrogen-bond acceptors (Lipinski definition) is 4. The molecule has 4 heteroatoms. The molecule has 0 saturated carbocycles. The van der Waals surface area contributed by atoms with Crippen LogP contribution < -0.4 is 5.73 Å². The summed E-state index contributed by atoms with van der Waals surface area (Å²) < 4.78 is 5.18. The highest BCUT2D eigenvalue weighted by atomic mass is 16.6. The van der Waals surface area contributed by atoms with Crippen LogP contribution in [-0.4, -0.2) is 11.6 Å². The predicted octanol–water partition coefficient (Wildman–Crippen LogP) is 2.10. The first kappa shape index (κ1) is 12.1. The normalized spacial score (nSPS) is 10.6. The molecule has 0 radical (unpaired) electrons. The summed E-state index contributed by atoms with van der Waals surface area (Å²) in [5.41, 5.74) is 6.07. The van der Waals surface area contributed by atoms with Gasteiger partial charge in [0.25, 0.3) is 0 Å². The van der Waals surface area contributed by atoms with Gasteiger partial charge in [-0.1, -0.05) is 0 Å². The maximum atomic E-state index is 11.7. The number of hydrogen-bond donors (Lipinski definition) is 1. The Morgan fingerprint density at radius 2 is 2.06 bits per heavy atom. The molecule has 1 rings (SSSR count). The molecule has 0 aliphatic heterocycles. The van der Waals surface area contributed by atoms with Crippen LogP contribution in [0.25, 0.3) is 0 Å². The zero-order valence-electron chi connectivity index (χ0n) is 9.57. The highest BCUT2D eigenvalue weighted by Crippen LogP contribution is 2.18. The fraction of sp³-hybridized carbons (Fsp3) is 0.333. The van der Waals surface area contributed by atoms with Crippen molar-refractivity contribution in [1.82, 2.24) is 0 Å². The fourth-order valence-electron chi connectivity index (χ4n) is 1.15. The minimum atomic E-state index is -0.558. The largest absolute Gasteiger partial charge is 0.456 e. The first-order chi connectivity index (χ1) is 7.33. The second-order valence-corrected chi connectivity index (χ2v) is 4.42. The van der Waals surface area contributed by atoms with Crippen LogP contribution in [0.2, 0.25) is 0 Å². The van der Waals surface area contributed by atoms with Crippen LogP contribution >= 0.6 is 0 Å². The van der Waals surface area contributed by atoms with Crippen molar-refractivity contribution in [2.45, 2.75) is 26.4 Å². The van der Waals surface area contributed by atoms with Crippen LogP contribution in [0, 0.1) is 11.3 Å². The summed E-state index contributed by atoms with van der Waals surface area (Å²) in [6.45, 7) is 5.35. The molecule has 0 fully saturated rings. The van der Waals surface area contributed by atoms with E-state index in [1.165, 1.54) is 18.2 Å². The number of nitrogens with two attached hydrogens (primary N) is 1. The van der Waals surface area contributed by atoms with E-state index in [1.54, 1.807) is 20.8 Å². The Labute approximate surface area is 94.6 Å². The summed E-state index contributed by atoms with van der Waals surface area (Å²) in [6.07, 6.45) is 0. The van der Waals surface area contributed by atoms with Gasteiger partial charge in [-0.3, -0.25) is 0 Å². The van der Waals surface area contributed by atoms with Crippen LogP contribution in [0.3, 0.4) is 0 Å². The molecule has 0 saturated heterocycles. The van der Waals surface area contributed by atoms with Crippen molar-refractivity contribution in [2.75, 3.05) is 5.73 Å². The number of rotatable bonds is 1. The quantitative estimate of drug-likeness (QED) is 0.578. The summed E-state index contributed by atoms with van der Waals surface area (Å²) in [7, 11) is 0. The van der Waals surface area contributed by atoms with Crippen LogP contribution in [0.5, 0.6) is 0 Å². The molecule has 84 valence electrons. The maximum Gasteiger partial charge on any atom is 0.340 e. The second-order valence-electron chi connectivity index (χ2n) is 4.42. The van der Waals surface area contributed by atoms with Crippen molar-refractivity contribution in [1.29, 1.82) is 5.26 Å². The number of benzene rings is 1. The van der Waals surface area contributed by atoms with Crippen molar-refractivity contribution >= 4 is 11.7 Å². The lowest BCUT2D eigenvalue weighted by atomic mass is 10.1. The van der Waals surface area contributed by atoms with E-state index in [9.17, 15) is 4.79 Å². The number of nitrogen functional groups attached to an aromatic ring is 1. The first-order valence-corrected chi connectivity index (χ1v) is 4.86. The summed E-state index contributed by atoms with van der Waals surface area (Å²) in [6, 6.07) is 6.45. The van der Waals surface area contributed by atoms with E-state index in [2.05, 4.69) is 0 Å². The van der Waals surface area contributed by atoms with E-state index >= 15 is 0 Å². The molecule has 1 aromatic carbocycles. The summed E-state index contributed by atoms with van der Waals surface area (Å²) in [4.78, 5) is 11.7. The molecule has 2 N–H and O–H groups in total. The fourth-order valence-corrected chi connectivity index (χ4v) is 1.15. The third-order valence-electron chi connectivity index (χ3n) is 1.80. The van der Waals surface area contributed by atoms with Crippen molar-refractivity contribution in [3.8, 4) is 6.07 Å². The number of nitriles is 1. The van der Waals surface area contributed by atoms with Crippen LogP contribution in [0.4, 0.5) is 5.69 Å². The van der Waals surface area contributed by atoms with Crippen LogP contribution in [0.15, 0.2) is 18.2 Å². The van der Waals surface area contributed by atoms with E-state index < -0.39 is 11.6 Å². The minimum Gasteiger partial charge on any atom is -0.456 e. The van der Waals surface area contributed by atoms with Gasteiger partial charge in [-0.25, -0.2) is 4.79 Å². The minimum absolute atomic E-state index is 0.258. The molecular weight excluding hydrogens is 204 g/mol. The van der Waals surface area contributed by atoms with E-state index in [-0.39, 0.29) is 11.3 Å². The number of carbonyl (C=O) groups is 1. The Hall–Kier alpha value is -2.02. The lowest BCUT2D eigenvalue weighted by Crippen LogP contribution is -2.24. The van der Waals surface area contributed by atoms with Gasteiger partial charge in [0.05, 0.1) is 17.2 Å². The van der Waals surface area contributed by atoms with E-state index in [0.29, 0.717) is 5.56 Å². The average Bonchev–Trinajstić information content (AvgIpc) is 2.14. The molecule has 0 amide bonds. The molecule has 0 heterocycles. The van der Waals surface area contributed by atoms with E-state index in [4.69, 9.17) is 15.7 Å². The number of anilines is 1. The van der Waals surface area contributed by atoms with Gasteiger partial charge in [0, 0.05) is 5.69 Å². The van der Waals surface area contributed by atoms with Gasteiger partial charge < -0.3 is 10.5 Å². The topological polar surface area (TPSA) is 76.1 Å². The number of esters is 1. The molecular formula is C12H14N2O2. The van der Waals surface area contributed by atoms with Crippen LogP contribution in [0.1, 0.15) is 36.7 Å². The van der Waals surface area contributed by atoms with Gasteiger partial charge >= 0.3 is 5.97 Å². The van der Waals surface area contributed by atoms with Gasteiger partial charge in [-0.15, -0.1) is 0 Å². The zero-order chi connectivity index (χ0) is 12.3. The highest BCUT2D eigenvalue weighted by Gasteiger charge is 2.19. The monoisotopic (exact) mass is 218 g/mol. The molecule has 0 spiro atoms. The number of carbonyl (C=O) groups excluding carboxylic acids is 1. The van der Waals surface area contributed by atoms with Gasteiger partial charge in [0.2, 0.25) is 0 Å². The van der Waals surface area contributed by atoms with Crippen molar-refractivity contribution < 1.29 is 9.53 Å². The Morgan fingerprint density at radius 1 is 1.44 bits per heavy atom. The van der Waals surface area contributed by atoms with Gasteiger partial charge in [0.15, 0.2) is 0 Å². The van der Waals surface area contributed by atoms with Gasteiger partial charge in [0.1, 0.15) is 5.60 Å². The Balaban J connectivity index is 2.98. The smallest absolute Gasteiger partial charge is 0.340 e. The zero-order valence-corrected chi connectivity index (χ0v) is 9.57. The average molecular weight is 218 g/mol. The van der Waals surface area contributed by atoms with Crippen molar-refractivity contribution in [3.63, 3.8) is 0 Å². The number of ether oxygens (including phenoxy) is 1. The summed E-state index contributed by atoms with van der Waals surface area (Å²) >= 11 is 0. The molecule has 0 aromatic heterocycles. The second kappa shape index (κ2) is 4.23. The standard InChI is InChI=1S/C12H14N2O2/c1-12(2,3)16-11(15)9-5-4-8(7-13)6-10(9)14/h4-6H,14H2,1-3H3. The first-order valence-electron chi connectivity index (χ1n) is 4.86. The summed E-state index contributed by atoms with van der Waals surface area (Å²) in [5, 5.41) is 8.66. The highest BCUT2D eigenvalue weighted by molar-refractivity contribution is 5.95. The third kappa shape index (κ3) is 2.99. The van der Waals surface area contributed by atoms with Gasteiger partial charge in [-0.2, -0.15) is 5.26 Å². The molecule has 1 aromatic rings. The van der Waals surface area contributed by atoms with Crippen molar-refractivity contribution in [3.05, 3.63) is 29.3 Å². The number of nitrogens with zero attached hydrogens (tertiary/aromatic N) is 1. The molecule has 0 unspecified atom stereocenters. The SMILES string of the molecule is CC(C)(C)OC(=O)c1ccc(C#N)cc1N. The predicted molar refractivity (Wildman–Crippen MR) is 60.7 cm³/mol. The molecule has 16 heavy (non-hydrogen) atoms. The van der Waals surface area contributed by atoms with Gasteiger partial charge in [-0.05, 0) is 39.0 Å². The lowest BCUT2D eigenvalue weighted by molar-refractivity contribution is 0.00708. The van der Waals surface area contributed by atoms with Crippen LogP contribution in [-0.2, 0) is 4.74 Å².